The third-order valence-electron chi connectivity index (χ3n) is 7.54. The average Bonchev–Trinajstić information content (AvgIpc) is 2.90. The molecule has 10 heteroatoms. The van der Waals surface area contributed by atoms with Crippen LogP contribution in [0.25, 0.3) is 0 Å². The predicted molar refractivity (Wildman–Crippen MR) is 137 cm³/mol. The number of anilines is 1. The summed E-state index contributed by atoms with van der Waals surface area (Å²) in [6.07, 6.45) is 2.79. The molecule has 0 radical (unpaired) electrons. The number of nitrogens with one attached hydrogen (secondary N) is 1. The summed E-state index contributed by atoms with van der Waals surface area (Å²) in [5, 5.41) is 16.6. The summed E-state index contributed by atoms with van der Waals surface area (Å²) < 4.78 is 54.1. The van der Waals surface area contributed by atoms with Gasteiger partial charge in [-0.1, -0.05) is 13.0 Å². The number of fused-ring (bicyclic) bond motifs is 1. The van der Waals surface area contributed by atoms with Gasteiger partial charge in [0.25, 0.3) is 0 Å². The van der Waals surface area contributed by atoms with E-state index in [-0.39, 0.29) is 18.2 Å². The molecule has 0 amide bonds. The van der Waals surface area contributed by atoms with E-state index in [0.717, 1.165) is 74.9 Å². The van der Waals surface area contributed by atoms with Crippen molar-refractivity contribution in [2.75, 3.05) is 31.6 Å². The number of benzene rings is 1. The molecule has 6 nitrogen and oxygen atoms in total. The van der Waals surface area contributed by atoms with E-state index in [2.05, 4.69) is 25.0 Å². The summed E-state index contributed by atoms with van der Waals surface area (Å²) in [5.41, 5.74) is 3.19. The minimum absolute atomic E-state index is 0.104. The predicted octanol–water partition coefficient (Wildman–Crippen LogP) is 5.46. The number of halogens is 4. The Kier molecular flexibility index (Phi) is 8.56. The molecule has 2 aliphatic rings. The van der Waals surface area contributed by atoms with Crippen LogP contribution in [0.5, 0.6) is 0 Å². The molecule has 1 N–H and O–H groups in total. The first-order valence-electron chi connectivity index (χ1n) is 12.9. The Hall–Kier alpha value is -2.88. The van der Waals surface area contributed by atoms with Gasteiger partial charge in [-0.05, 0) is 68.3 Å². The highest BCUT2D eigenvalue weighted by Crippen LogP contribution is 2.35. The molecule has 1 fully saturated rings. The number of hydrogen-bond donors (Lipinski definition) is 1. The van der Waals surface area contributed by atoms with Gasteiger partial charge in [0.05, 0.1) is 11.3 Å². The molecule has 2 heterocycles. The maximum absolute atomic E-state index is 13.6. The lowest BCUT2D eigenvalue weighted by Crippen LogP contribution is -2.45. The zero-order valence-corrected chi connectivity index (χ0v) is 21.4. The summed E-state index contributed by atoms with van der Waals surface area (Å²) >= 11 is 0. The van der Waals surface area contributed by atoms with Crippen LogP contribution in [0.3, 0.4) is 0 Å². The van der Waals surface area contributed by atoms with Crippen molar-refractivity contribution in [3.63, 3.8) is 0 Å². The Labute approximate surface area is 215 Å². The van der Waals surface area contributed by atoms with Crippen LogP contribution in [0.1, 0.15) is 67.0 Å². The van der Waals surface area contributed by atoms with Crippen molar-refractivity contribution < 1.29 is 17.6 Å². The SMILES string of the molecule is CCN(Cc1ccc(F)cc1C(F)(F)F)C1CCN(c2nnc(C(CC=N)=NC)c3c2CCCC3)CC1. The molecule has 1 aliphatic carbocycles. The maximum Gasteiger partial charge on any atom is 0.416 e. The topological polar surface area (TPSA) is 68.5 Å². The van der Waals surface area contributed by atoms with E-state index < -0.39 is 17.6 Å². The van der Waals surface area contributed by atoms with Gasteiger partial charge < -0.3 is 10.3 Å². The van der Waals surface area contributed by atoms with Gasteiger partial charge in [0.2, 0.25) is 0 Å². The van der Waals surface area contributed by atoms with Crippen LogP contribution < -0.4 is 4.90 Å². The van der Waals surface area contributed by atoms with Crippen molar-refractivity contribution in [1.29, 1.82) is 5.41 Å². The average molecular weight is 519 g/mol. The van der Waals surface area contributed by atoms with E-state index in [4.69, 9.17) is 5.41 Å². The van der Waals surface area contributed by atoms with Crippen LogP contribution in [-0.2, 0) is 25.6 Å². The Morgan fingerprint density at radius 2 is 1.86 bits per heavy atom. The Morgan fingerprint density at radius 3 is 2.49 bits per heavy atom. The number of nitrogens with zero attached hydrogens (tertiary/aromatic N) is 5. The number of hydrogen-bond acceptors (Lipinski definition) is 6. The van der Waals surface area contributed by atoms with Crippen molar-refractivity contribution >= 4 is 17.7 Å². The number of piperidine rings is 1. The van der Waals surface area contributed by atoms with Crippen molar-refractivity contribution in [3.05, 3.63) is 52.0 Å². The minimum Gasteiger partial charge on any atom is -0.355 e. The van der Waals surface area contributed by atoms with Gasteiger partial charge in [-0.15, -0.1) is 10.2 Å². The molecule has 1 aromatic heterocycles. The van der Waals surface area contributed by atoms with Gasteiger partial charge >= 0.3 is 6.18 Å². The van der Waals surface area contributed by atoms with Crippen molar-refractivity contribution in [3.8, 4) is 0 Å². The second kappa shape index (κ2) is 11.7. The highest BCUT2D eigenvalue weighted by atomic mass is 19.4. The Morgan fingerprint density at radius 1 is 1.16 bits per heavy atom. The second-order valence-corrected chi connectivity index (χ2v) is 9.70. The van der Waals surface area contributed by atoms with Gasteiger partial charge in [0.1, 0.15) is 11.5 Å². The number of aromatic nitrogens is 2. The molecule has 1 aromatic carbocycles. The number of rotatable bonds is 8. The quantitative estimate of drug-likeness (QED) is 0.372. The van der Waals surface area contributed by atoms with E-state index in [0.29, 0.717) is 19.0 Å². The molecule has 1 aliphatic heterocycles. The lowest BCUT2D eigenvalue weighted by atomic mass is 9.89. The Bertz CT molecular complexity index is 1140. The van der Waals surface area contributed by atoms with Gasteiger partial charge in [0.15, 0.2) is 5.82 Å². The third-order valence-corrected chi connectivity index (χ3v) is 7.54. The third kappa shape index (κ3) is 6.00. The van der Waals surface area contributed by atoms with Crippen molar-refractivity contribution in [2.24, 2.45) is 4.99 Å². The molecule has 0 atom stereocenters. The van der Waals surface area contributed by atoms with Gasteiger partial charge in [0, 0.05) is 50.9 Å². The number of aliphatic imine (C=N–C) groups is 1. The van der Waals surface area contributed by atoms with Gasteiger partial charge in [-0.3, -0.25) is 9.89 Å². The summed E-state index contributed by atoms with van der Waals surface area (Å²) in [6.45, 7) is 4.17. The van der Waals surface area contributed by atoms with E-state index in [1.807, 2.05) is 6.92 Å². The fourth-order valence-corrected chi connectivity index (χ4v) is 5.62. The molecule has 1 saturated heterocycles. The lowest BCUT2D eigenvalue weighted by Gasteiger charge is -2.39. The van der Waals surface area contributed by atoms with Crippen molar-refractivity contribution in [2.45, 2.75) is 70.6 Å². The normalized spacial score (nSPS) is 17.3. The summed E-state index contributed by atoms with van der Waals surface area (Å²) in [5.74, 6) is 0.0289. The summed E-state index contributed by atoms with van der Waals surface area (Å²) in [4.78, 5) is 8.66. The van der Waals surface area contributed by atoms with Gasteiger partial charge in [-0.2, -0.15) is 13.2 Å². The molecule has 0 spiro atoms. The van der Waals surface area contributed by atoms with Crippen LogP contribution in [-0.4, -0.2) is 59.7 Å². The lowest BCUT2D eigenvalue weighted by molar-refractivity contribution is -0.138. The second-order valence-electron chi connectivity index (χ2n) is 9.70. The van der Waals surface area contributed by atoms with Crippen LogP contribution in [0.15, 0.2) is 23.2 Å². The maximum atomic E-state index is 13.6. The molecule has 0 bridgehead atoms. The van der Waals surface area contributed by atoms with E-state index in [1.54, 1.807) is 7.05 Å². The molecule has 0 saturated carbocycles. The zero-order chi connectivity index (χ0) is 26.6. The summed E-state index contributed by atoms with van der Waals surface area (Å²) in [7, 11) is 1.72. The molecular formula is C27H34F4N6. The highest BCUT2D eigenvalue weighted by molar-refractivity contribution is 6.06. The van der Waals surface area contributed by atoms with Crippen LogP contribution in [0.2, 0.25) is 0 Å². The largest absolute Gasteiger partial charge is 0.416 e. The first kappa shape index (κ1) is 27.2. The van der Waals surface area contributed by atoms with Gasteiger partial charge in [-0.25, -0.2) is 4.39 Å². The van der Waals surface area contributed by atoms with E-state index in [9.17, 15) is 17.6 Å². The van der Waals surface area contributed by atoms with Crippen LogP contribution in [0.4, 0.5) is 23.4 Å². The summed E-state index contributed by atoms with van der Waals surface area (Å²) in [6, 6.07) is 3.07. The standard InChI is InChI=1S/C27H34F4N6/c1-3-36(17-18-8-9-19(28)16-23(18)27(29,30)31)20-11-14-37(15-12-20)26-22-7-5-4-6-21(22)25(34-35-26)24(33-2)10-13-32/h8-9,13,16,20,32H,3-7,10-12,14-15,17H2,1-2H3. The van der Waals surface area contributed by atoms with E-state index in [1.165, 1.54) is 23.4 Å². The first-order chi connectivity index (χ1) is 17.8. The number of alkyl halides is 3. The minimum atomic E-state index is -4.59. The van der Waals surface area contributed by atoms with Crippen LogP contribution >= 0.6 is 0 Å². The smallest absolute Gasteiger partial charge is 0.355 e. The van der Waals surface area contributed by atoms with Crippen molar-refractivity contribution in [1.82, 2.24) is 15.1 Å². The Balaban J connectivity index is 1.50. The molecule has 4 rings (SSSR count). The molecule has 37 heavy (non-hydrogen) atoms. The molecular weight excluding hydrogens is 484 g/mol. The molecule has 2 aromatic rings. The monoisotopic (exact) mass is 518 g/mol. The van der Waals surface area contributed by atoms with Crippen LogP contribution in [0, 0.1) is 11.2 Å². The fourth-order valence-electron chi connectivity index (χ4n) is 5.62. The fraction of sp³-hybridized carbons (Fsp3) is 0.556. The zero-order valence-electron chi connectivity index (χ0n) is 21.4. The molecule has 0 unspecified atom stereocenters. The highest BCUT2D eigenvalue weighted by Gasteiger charge is 2.35. The first-order valence-corrected chi connectivity index (χ1v) is 12.9. The molecule has 200 valence electrons. The van der Waals surface area contributed by atoms with E-state index >= 15 is 0 Å².